The zero-order valence-corrected chi connectivity index (χ0v) is 5.86. The highest BCUT2D eigenvalue weighted by Gasteiger charge is 2.03. The van der Waals surface area contributed by atoms with E-state index in [1.165, 1.54) is 24.5 Å². The third-order valence-corrected chi connectivity index (χ3v) is 1.94. The Morgan fingerprint density at radius 3 is 2.30 bits per heavy atom. The van der Waals surface area contributed by atoms with Gasteiger partial charge in [-0.05, 0) is 12.1 Å². The van der Waals surface area contributed by atoms with Crippen molar-refractivity contribution in [1.29, 1.82) is 0 Å². The number of aromatic nitrogens is 1. The third-order valence-electron chi connectivity index (χ3n) is 0.989. The maximum absolute atomic E-state index is 10.4. The summed E-state index contributed by atoms with van der Waals surface area (Å²) in [5.41, 5.74) is 0. The fraction of sp³-hybridized carbons (Fsp3) is 0. The van der Waals surface area contributed by atoms with Crippen molar-refractivity contribution in [3.8, 4) is 0 Å². The summed E-state index contributed by atoms with van der Waals surface area (Å²) in [4.78, 5) is 22.4. The Morgan fingerprint density at radius 2 is 2.00 bits per heavy atom. The molecule has 0 fully saturated rings. The molecule has 10 heavy (non-hydrogen) atoms. The molecule has 0 aromatic carbocycles. The minimum atomic E-state index is -4.31. The maximum atomic E-state index is 10.4. The van der Waals surface area contributed by atoms with Crippen molar-refractivity contribution in [2.45, 2.75) is 0 Å². The first-order valence-corrected chi connectivity index (χ1v) is 4.13. The molecule has 0 amide bonds. The van der Waals surface area contributed by atoms with Crippen LogP contribution >= 0.6 is 7.60 Å². The molecule has 1 atom stereocenters. The van der Waals surface area contributed by atoms with Gasteiger partial charge in [-0.15, -0.1) is 0 Å². The molecule has 1 rings (SSSR count). The first-order valence-electron chi connectivity index (χ1n) is 2.55. The molecule has 0 aliphatic rings. The van der Waals surface area contributed by atoms with Crippen molar-refractivity contribution in [2.75, 3.05) is 0 Å². The summed E-state index contributed by atoms with van der Waals surface area (Å²) in [5, 5.41) is -0.109. The molecular formula is C5H5NO3P-. The van der Waals surface area contributed by atoms with Gasteiger partial charge in [-0.25, -0.2) is 0 Å². The fourth-order valence-corrected chi connectivity index (χ4v) is 1.04. The largest absolute Gasteiger partial charge is 0.775 e. The maximum Gasteiger partial charge on any atom is 0.162 e. The zero-order valence-electron chi connectivity index (χ0n) is 4.97. The topological polar surface area (TPSA) is 73.2 Å². The lowest BCUT2D eigenvalue weighted by molar-refractivity contribution is -0.188. The van der Waals surface area contributed by atoms with Gasteiger partial charge < -0.3 is 14.4 Å². The van der Waals surface area contributed by atoms with E-state index < -0.39 is 7.60 Å². The second-order valence-electron chi connectivity index (χ2n) is 1.73. The van der Waals surface area contributed by atoms with E-state index in [2.05, 4.69) is 4.98 Å². The van der Waals surface area contributed by atoms with Gasteiger partial charge >= 0.3 is 0 Å². The van der Waals surface area contributed by atoms with Crippen LogP contribution in [0.1, 0.15) is 0 Å². The van der Waals surface area contributed by atoms with E-state index in [0.717, 1.165) is 0 Å². The van der Waals surface area contributed by atoms with Crippen molar-refractivity contribution in [1.82, 2.24) is 4.98 Å². The summed E-state index contributed by atoms with van der Waals surface area (Å²) < 4.78 is 10.4. The van der Waals surface area contributed by atoms with Crippen LogP contribution in [0, 0.1) is 0 Å². The lowest BCUT2D eigenvalue weighted by Crippen LogP contribution is -2.13. The summed E-state index contributed by atoms with van der Waals surface area (Å²) in [6, 6.07) is 2.46. The summed E-state index contributed by atoms with van der Waals surface area (Å²) >= 11 is 0. The van der Waals surface area contributed by atoms with Gasteiger partial charge in [0.1, 0.15) is 0 Å². The van der Waals surface area contributed by atoms with E-state index >= 15 is 0 Å². The van der Waals surface area contributed by atoms with Crippen LogP contribution in [0.3, 0.4) is 0 Å². The van der Waals surface area contributed by atoms with Crippen LogP contribution in [0.5, 0.6) is 0 Å². The Hall–Kier alpha value is -0.700. The SMILES string of the molecule is O=P([O-])(O)c1ccncc1. The van der Waals surface area contributed by atoms with Crippen LogP contribution in [0.15, 0.2) is 24.5 Å². The van der Waals surface area contributed by atoms with E-state index in [1.54, 1.807) is 0 Å². The summed E-state index contributed by atoms with van der Waals surface area (Å²) in [7, 11) is -4.31. The van der Waals surface area contributed by atoms with Gasteiger partial charge in [0.15, 0.2) is 7.60 Å². The normalized spacial score (nSPS) is 16.2. The molecule has 0 spiro atoms. The molecule has 4 nitrogen and oxygen atoms in total. The number of hydrogen-bond donors (Lipinski definition) is 1. The molecular weight excluding hydrogens is 153 g/mol. The average Bonchev–Trinajstić information content (AvgIpc) is 1.88. The summed E-state index contributed by atoms with van der Waals surface area (Å²) in [5.74, 6) is 0. The highest BCUT2D eigenvalue weighted by molar-refractivity contribution is 7.58. The zero-order chi connectivity index (χ0) is 7.61. The lowest BCUT2D eigenvalue weighted by Gasteiger charge is -2.14. The van der Waals surface area contributed by atoms with Crippen LogP contribution in [0.2, 0.25) is 0 Å². The van der Waals surface area contributed by atoms with Crippen LogP contribution in [-0.4, -0.2) is 9.88 Å². The van der Waals surface area contributed by atoms with Gasteiger partial charge in [0, 0.05) is 17.7 Å². The predicted molar refractivity (Wildman–Crippen MR) is 33.7 cm³/mol. The standard InChI is InChI=1S/C5H6NO3P/c7-10(8,9)5-1-3-6-4-2-5/h1-4H,(H2,7,8,9)/p-1. The van der Waals surface area contributed by atoms with Gasteiger partial charge in [0.25, 0.3) is 0 Å². The lowest BCUT2D eigenvalue weighted by atomic mass is 10.5. The van der Waals surface area contributed by atoms with Crippen molar-refractivity contribution < 1.29 is 14.4 Å². The van der Waals surface area contributed by atoms with Crippen molar-refractivity contribution >= 4 is 12.9 Å². The quantitative estimate of drug-likeness (QED) is 0.546. The highest BCUT2D eigenvalue weighted by atomic mass is 31.2. The average molecular weight is 158 g/mol. The van der Waals surface area contributed by atoms with Crippen molar-refractivity contribution in [2.24, 2.45) is 0 Å². The van der Waals surface area contributed by atoms with Crippen molar-refractivity contribution in [3.05, 3.63) is 24.5 Å². The predicted octanol–water partition coefficient (Wildman–Crippen LogP) is -0.747. The molecule has 1 aromatic rings. The van der Waals surface area contributed by atoms with Gasteiger partial charge in [0.05, 0.1) is 0 Å². The summed E-state index contributed by atoms with van der Waals surface area (Å²) in [6.45, 7) is 0. The molecule has 54 valence electrons. The van der Waals surface area contributed by atoms with Crippen LogP contribution in [-0.2, 0) is 4.57 Å². The van der Waals surface area contributed by atoms with E-state index in [1.807, 2.05) is 0 Å². The highest BCUT2D eigenvalue weighted by Crippen LogP contribution is 2.26. The van der Waals surface area contributed by atoms with E-state index in [-0.39, 0.29) is 5.30 Å². The molecule has 0 saturated carbocycles. The molecule has 0 bridgehead atoms. The third kappa shape index (κ3) is 1.64. The minimum Gasteiger partial charge on any atom is -0.775 e. The van der Waals surface area contributed by atoms with Crippen LogP contribution in [0.25, 0.3) is 0 Å². The Kier molecular flexibility index (Phi) is 1.85. The first-order chi connectivity index (χ1) is 4.61. The Labute approximate surface area is 57.7 Å². The van der Waals surface area contributed by atoms with Gasteiger partial charge in [-0.3, -0.25) is 4.98 Å². The Morgan fingerprint density at radius 1 is 1.50 bits per heavy atom. The first kappa shape index (κ1) is 7.41. The van der Waals surface area contributed by atoms with Crippen LogP contribution < -0.4 is 10.2 Å². The summed E-state index contributed by atoms with van der Waals surface area (Å²) in [6.07, 6.45) is 2.60. The van der Waals surface area contributed by atoms with E-state index in [4.69, 9.17) is 4.89 Å². The molecule has 0 aliphatic carbocycles. The molecule has 0 saturated heterocycles. The molecule has 1 aromatic heterocycles. The van der Waals surface area contributed by atoms with Gasteiger partial charge in [-0.2, -0.15) is 0 Å². The number of pyridine rings is 1. The molecule has 5 heteroatoms. The molecule has 1 heterocycles. The van der Waals surface area contributed by atoms with Crippen LogP contribution in [0.4, 0.5) is 0 Å². The Bertz CT molecular complexity index is 255. The van der Waals surface area contributed by atoms with Gasteiger partial charge in [0.2, 0.25) is 0 Å². The number of nitrogens with zero attached hydrogens (tertiary/aromatic N) is 1. The van der Waals surface area contributed by atoms with E-state index in [0.29, 0.717) is 0 Å². The smallest absolute Gasteiger partial charge is 0.162 e. The molecule has 0 radical (unpaired) electrons. The monoisotopic (exact) mass is 158 g/mol. The second kappa shape index (κ2) is 2.50. The molecule has 0 aliphatic heterocycles. The second-order valence-corrected chi connectivity index (χ2v) is 3.28. The number of rotatable bonds is 1. The molecule has 1 unspecified atom stereocenters. The van der Waals surface area contributed by atoms with Crippen molar-refractivity contribution in [3.63, 3.8) is 0 Å². The minimum absolute atomic E-state index is 0.109. The van der Waals surface area contributed by atoms with E-state index in [9.17, 15) is 9.46 Å². The number of hydrogen-bond acceptors (Lipinski definition) is 3. The molecule has 1 N–H and O–H groups in total. The Balaban J connectivity index is 3.09. The van der Waals surface area contributed by atoms with Gasteiger partial charge in [-0.1, -0.05) is 0 Å². The fourth-order valence-electron chi connectivity index (χ4n) is 0.532.